The summed E-state index contributed by atoms with van der Waals surface area (Å²) >= 11 is 0. The van der Waals surface area contributed by atoms with Crippen LogP contribution in [0.1, 0.15) is 45.7 Å². The third-order valence-corrected chi connectivity index (χ3v) is 5.50. The number of carbonyl (C=O) groups is 2. The van der Waals surface area contributed by atoms with E-state index in [0.717, 1.165) is 33.4 Å². The van der Waals surface area contributed by atoms with E-state index in [2.05, 4.69) is 23.7 Å². The molecule has 0 unspecified atom stereocenters. The van der Waals surface area contributed by atoms with E-state index < -0.39 is 0 Å². The summed E-state index contributed by atoms with van der Waals surface area (Å²) < 4.78 is 0. The zero-order valence-electron chi connectivity index (χ0n) is 19.1. The van der Waals surface area contributed by atoms with Crippen LogP contribution in [0.4, 0.5) is 0 Å². The summed E-state index contributed by atoms with van der Waals surface area (Å²) in [4.78, 5) is 22.8. The molecule has 4 aromatic carbocycles. The van der Waals surface area contributed by atoms with Crippen molar-refractivity contribution < 1.29 is 9.59 Å². The summed E-state index contributed by atoms with van der Waals surface area (Å²) in [6.07, 6.45) is 0. The minimum absolute atomic E-state index is 0.0645. The van der Waals surface area contributed by atoms with E-state index >= 15 is 0 Å². The fraction of sp³-hybridized carbons (Fsp3) is 0.0625. The Hall–Kier alpha value is -4.66. The van der Waals surface area contributed by atoms with Crippen molar-refractivity contribution in [3.63, 3.8) is 0 Å². The Morgan fingerprint density at radius 1 is 0.441 bits per heavy atom. The lowest BCUT2D eigenvalue weighted by Gasteiger charge is -2.03. The minimum atomic E-state index is 0.0645. The van der Waals surface area contributed by atoms with Gasteiger partial charge in [-0.05, 0) is 72.2 Å². The lowest BCUT2D eigenvalue weighted by molar-refractivity contribution is 0.100. The summed E-state index contributed by atoms with van der Waals surface area (Å²) in [5, 5.41) is 0. The number of Topliss-reactive ketones (excluding diaryl/α,β-unsaturated/α-hetero) is 2. The Morgan fingerprint density at radius 2 is 0.706 bits per heavy atom. The average molecular weight is 439 g/mol. The smallest absolute Gasteiger partial charge is 0.159 e. The Morgan fingerprint density at radius 3 is 0.971 bits per heavy atom. The number of hydrogen-bond acceptors (Lipinski definition) is 2. The molecule has 0 fully saturated rings. The highest BCUT2D eigenvalue weighted by atomic mass is 16.1. The fourth-order valence-electron chi connectivity index (χ4n) is 3.49. The minimum Gasteiger partial charge on any atom is -0.295 e. The quantitative estimate of drug-likeness (QED) is 0.259. The van der Waals surface area contributed by atoms with Crippen molar-refractivity contribution in [3.05, 3.63) is 119 Å². The van der Waals surface area contributed by atoms with Gasteiger partial charge in [0.25, 0.3) is 0 Å². The summed E-state index contributed by atoms with van der Waals surface area (Å²) in [7, 11) is 0. The van der Waals surface area contributed by atoms with E-state index in [1.807, 2.05) is 97.1 Å². The van der Waals surface area contributed by atoms with Crippen LogP contribution in [-0.4, -0.2) is 11.6 Å². The van der Waals surface area contributed by atoms with Gasteiger partial charge in [-0.1, -0.05) is 84.6 Å². The molecule has 0 aromatic heterocycles. The molecule has 0 aliphatic rings. The Bertz CT molecular complexity index is 1330. The molecule has 0 saturated heterocycles. The molecule has 162 valence electrons. The average Bonchev–Trinajstić information content (AvgIpc) is 2.87. The molecule has 2 heteroatoms. The van der Waals surface area contributed by atoms with Crippen LogP contribution in [0.25, 0.3) is 22.3 Å². The first kappa shape index (κ1) is 22.5. The van der Waals surface area contributed by atoms with Crippen LogP contribution in [0, 0.1) is 23.7 Å². The molecule has 0 spiro atoms. The molecule has 4 rings (SSSR count). The number of hydrogen-bond donors (Lipinski definition) is 0. The summed E-state index contributed by atoms with van der Waals surface area (Å²) in [6, 6.07) is 31.1. The van der Waals surface area contributed by atoms with Gasteiger partial charge in [-0.25, -0.2) is 0 Å². The van der Waals surface area contributed by atoms with Crippen LogP contribution in [0.5, 0.6) is 0 Å². The monoisotopic (exact) mass is 438 g/mol. The van der Waals surface area contributed by atoms with Crippen LogP contribution in [-0.2, 0) is 0 Å². The Labute approximate surface area is 200 Å². The molecule has 0 heterocycles. The van der Waals surface area contributed by atoms with Crippen LogP contribution in [0.3, 0.4) is 0 Å². The normalized spacial score (nSPS) is 9.82. The van der Waals surface area contributed by atoms with Gasteiger partial charge in [0.15, 0.2) is 11.6 Å². The van der Waals surface area contributed by atoms with E-state index in [1.165, 1.54) is 0 Å². The predicted molar refractivity (Wildman–Crippen MR) is 138 cm³/mol. The van der Waals surface area contributed by atoms with Gasteiger partial charge in [-0.2, -0.15) is 0 Å². The first-order valence-electron chi connectivity index (χ1n) is 10.9. The largest absolute Gasteiger partial charge is 0.295 e. The van der Waals surface area contributed by atoms with Crippen molar-refractivity contribution in [2.75, 3.05) is 0 Å². The zero-order chi connectivity index (χ0) is 23.9. The molecule has 0 bridgehead atoms. The van der Waals surface area contributed by atoms with Crippen LogP contribution in [0.15, 0.2) is 97.1 Å². The maximum Gasteiger partial charge on any atom is 0.159 e. The van der Waals surface area contributed by atoms with Crippen molar-refractivity contribution in [1.29, 1.82) is 0 Å². The molecule has 0 aliphatic carbocycles. The maximum absolute atomic E-state index is 11.4. The highest BCUT2D eigenvalue weighted by Crippen LogP contribution is 2.21. The van der Waals surface area contributed by atoms with Gasteiger partial charge < -0.3 is 0 Å². The SMILES string of the molecule is CC(=O)c1ccc(-c2ccc(C#CC#Cc3ccc(-c4ccc(C(C)=O)cc4)cc3)cc2)cc1. The second kappa shape index (κ2) is 10.3. The van der Waals surface area contributed by atoms with Crippen molar-refractivity contribution >= 4 is 11.6 Å². The van der Waals surface area contributed by atoms with E-state index in [4.69, 9.17) is 0 Å². The number of carbonyl (C=O) groups excluding carboxylic acids is 2. The maximum atomic E-state index is 11.4. The van der Waals surface area contributed by atoms with Gasteiger partial charge in [-0.15, -0.1) is 0 Å². The van der Waals surface area contributed by atoms with Gasteiger partial charge in [0.2, 0.25) is 0 Å². The molecule has 4 aromatic rings. The van der Waals surface area contributed by atoms with Gasteiger partial charge in [-0.3, -0.25) is 9.59 Å². The molecular formula is C32H22O2. The standard InChI is InChI=1S/C32H22O2/c1-23(33)27-15-19-31(20-16-27)29-11-7-25(8-12-29)5-3-4-6-26-9-13-30(14-10-26)32-21-17-28(18-22-32)24(2)34/h7-22H,1-2H3. The van der Waals surface area contributed by atoms with Crippen molar-refractivity contribution in [1.82, 2.24) is 0 Å². The van der Waals surface area contributed by atoms with Gasteiger partial charge >= 0.3 is 0 Å². The van der Waals surface area contributed by atoms with Gasteiger partial charge in [0, 0.05) is 22.3 Å². The lowest BCUT2D eigenvalue weighted by atomic mass is 10.0. The number of rotatable bonds is 4. The molecule has 0 radical (unpaired) electrons. The highest BCUT2D eigenvalue weighted by Gasteiger charge is 2.02. The fourth-order valence-corrected chi connectivity index (χ4v) is 3.49. The first-order chi connectivity index (χ1) is 16.5. The second-order valence-electron chi connectivity index (χ2n) is 7.92. The second-order valence-corrected chi connectivity index (χ2v) is 7.92. The molecular weight excluding hydrogens is 416 g/mol. The van der Waals surface area contributed by atoms with Crippen molar-refractivity contribution in [3.8, 4) is 45.9 Å². The van der Waals surface area contributed by atoms with E-state index in [0.29, 0.717) is 11.1 Å². The lowest BCUT2D eigenvalue weighted by Crippen LogP contribution is -1.90. The molecule has 0 aliphatic heterocycles. The van der Waals surface area contributed by atoms with Gasteiger partial charge in [0.1, 0.15) is 0 Å². The molecule has 0 saturated carbocycles. The summed E-state index contributed by atoms with van der Waals surface area (Å²) in [5.74, 6) is 12.1. The van der Waals surface area contributed by atoms with Crippen LogP contribution in [0.2, 0.25) is 0 Å². The Balaban J connectivity index is 1.40. The number of ketones is 2. The molecule has 2 nitrogen and oxygen atoms in total. The zero-order valence-corrected chi connectivity index (χ0v) is 19.1. The summed E-state index contributed by atoms with van der Waals surface area (Å²) in [5.41, 5.74) is 7.46. The third-order valence-electron chi connectivity index (χ3n) is 5.50. The van der Waals surface area contributed by atoms with Crippen molar-refractivity contribution in [2.24, 2.45) is 0 Å². The van der Waals surface area contributed by atoms with E-state index in [9.17, 15) is 9.59 Å². The van der Waals surface area contributed by atoms with Crippen LogP contribution >= 0.6 is 0 Å². The van der Waals surface area contributed by atoms with E-state index in [1.54, 1.807) is 13.8 Å². The molecule has 0 N–H and O–H groups in total. The number of benzene rings is 4. The predicted octanol–water partition coefficient (Wildman–Crippen LogP) is 6.83. The summed E-state index contributed by atoms with van der Waals surface area (Å²) in [6.45, 7) is 3.13. The molecule has 0 amide bonds. The molecule has 0 atom stereocenters. The Kier molecular flexibility index (Phi) is 6.83. The van der Waals surface area contributed by atoms with Gasteiger partial charge in [0.05, 0.1) is 0 Å². The van der Waals surface area contributed by atoms with E-state index in [-0.39, 0.29) is 11.6 Å². The molecule has 34 heavy (non-hydrogen) atoms. The van der Waals surface area contributed by atoms with Crippen LogP contribution < -0.4 is 0 Å². The third kappa shape index (κ3) is 5.57. The first-order valence-corrected chi connectivity index (χ1v) is 10.9. The highest BCUT2D eigenvalue weighted by molar-refractivity contribution is 5.95. The van der Waals surface area contributed by atoms with Crippen molar-refractivity contribution in [2.45, 2.75) is 13.8 Å². The topological polar surface area (TPSA) is 34.1 Å².